The summed E-state index contributed by atoms with van der Waals surface area (Å²) in [7, 11) is 0. The molecule has 60 heavy (non-hydrogen) atoms. The van der Waals surface area contributed by atoms with Crippen molar-refractivity contribution in [3.05, 3.63) is 83.9 Å². The van der Waals surface area contributed by atoms with Gasteiger partial charge in [0.1, 0.15) is 42.0 Å². The number of H-pyrrole nitrogens is 1. The summed E-state index contributed by atoms with van der Waals surface area (Å²) in [5.41, 5.74) is 33.7. The van der Waals surface area contributed by atoms with Crippen LogP contribution in [-0.4, -0.2) is 142 Å². The van der Waals surface area contributed by atoms with E-state index in [-0.39, 0.29) is 37.9 Å². The Balaban J connectivity index is 0. The van der Waals surface area contributed by atoms with E-state index in [1.807, 2.05) is 30.3 Å². The van der Waals surface area contributed by atoms with Crippen LogP contribution in [0.3, 0.4) is 0 Å². The molecule has 1 aromatic heterocycles. The van der Waals surface area contributed by atoms with Crippen LogP contribution in [0.25, 0.3) is 0 Å². The van der Waals surface area contributed by atoms with E-state index >= 15 is 0 Å². The van der Waals surface area contributed by atoms with Gasteiger partial charge in [0.15, 0.2) is 0 Å². The van der Waals surface area contributed by atoms with Crippen LogP contribution in [0.4, 0.5) is 0 Å². The molecule has 0 aliphatic carbocycles. The smallest absolute Gasteiger partial charge is 0.332 e. The zero-order valence-corrected chi connectivity index (χ0v) is 32.4. The van der Waals surface area contributed by atoms with Crippen molar-refractivity contribution in [1.29, 1.82) is 0 Å². The maximum atomic E-state index is 11.5. The number of hydrogen-bond acceptors (Lipinski definition) is 18. The lowest BCUT2D eigenvalue weighted by molar-refractivity contribution is -0.162. The van der Waals surface area contributed by atoms with Gasteiger partial charge in [-0.15, -0.1) is 0 Å². The maximum Gasteiger partial charge on any atom is 0.332 e. The maximum absolute atomic E-state index is 11.5. The Bertz CT molecular complexity index is 1730. The number of carbonyl (C=O) groups excluding carboxylic acids is 2. The number of aromatic nitrogens is 2. The van der Waals surface area contributed by atoms with Crippen LogP contribution in [0.15, 0.2) is 67.1 Å². The van der Waals surface area contributed by atoms with E-state index in [4.69, 9.17) is 75.3 Å². The fraction of sp³-hybridized carbons (Fsp3) is 0.389. The van der Waals surface area contributed by atoms with Crippen LogP contribution in [0.1, 0.15) is 36.6 Å². The van der Waals surface area contributed by atoms with Crippen LogP contribution < -0.4 is 34.4 Å². The molecule has 3 aromatic rings. The topological polar surface area (TPSA) is 475 Å². The number of aromatic amines is 1. The lowest BCUT2D eigenvalue weighted by Crippen LogP contribution is -2.42. The number of phenolic OH excluding ortho intramolecular Hbond substituents is 1. The van der Waals surface area contributed by atoms with Gasteiger partial charge in [-0.05, 0) is 49.4 Å². The SMILES string of the molecule is C[C@@H](O)[C@H](N)C(=O)O.N[C@@H](CCC(=O)O)C(=O)O.N[C@@H](CO)C(=O)OC(=O)[C@@H](N)Cc1ccccc1.N[C@@H](Cc1ccc(O)cc1)C(=O)O.N[C@@H](Cc1cnc[nH]1)C(=O)O. The molecule has 21 N–H and O–H groups in total. The number of phenols is 1. The van der Waals surface area contributed by atoms with E-state index < -0.39 is 90.7 Å². The van der Waals surface area contributed by atoms with Gasteiger partial charge in [0.2, 0.25) is 0 Å². The highest BCUT2D eigenvalue weighted by atomic mass is 16.6. The number of carbonyl (C=O) groups is 7. The zero-order valence-electron chi connectivity index (χ0n) is 32.4. The van der Waals surface area contributed by atoms with Crippen LogP contribution in [-0.2, 0) is 57.6 Å². The molecule has 0 bridgehead atoms. The van der Waals surface area contributed by atoms with Crippen molar-refractivity contribution in [3.63, 3.8) is 0 Å². The molecule has 7 atom stereocenters. The molecule has 2 aromatic carbocycles. The molecule has 0 aliphatic rings. The molecule has 24 nitrogen and oxygen atoms in total. The second-order valence-corrected chi connectivity index (χ2v) is 12.3. The summed E-state index contributed by atoms with van der Waals surface area (Å²) < 4.78 is 4.45. The molecule has 0 radical (unpaired) electrons. The predicted molar refractivity (Wildman–Crippen MR) is 209 cm³/mol. The van der Waals surface area contributed by atoms with Crippen LogP contribution in [0.5, 0.6) is 5.75 Å². The average Bonchev–Trinajstić information content (AvgIpc) is 3.71. The zero-order chi connectivity index (χ0) is 46.5. The quantitative estimate of drug-likeness (QED) is 0.0467. The summed E-state index contributed by atoms with van der Waals surface area (Å²) in [6.07, 6.45) is 2.67. The molecule has 3 rings (SSSR count). The lowest BCUT2D eigenvalue weighted by atomic mass is 10.1. The van der Waals surface area contributed by atoms with Gasteiger partial charge in [0.25, 0.3) is 0 Å². The Labute approximate surface area is 342 Å². The summed E-state index contributed by atoms with van der Waals surface area (Å²) in [5.74, 6) is -7.07. The number of aromatic hydroxyl groups is 1. The first-order valence-corrected chi connectivity index (χ1v) is 17.4. The van der Waals surface area contributed by atoms with E-state index in [1.165, 1.54) is 25.4 Å². The third kappa shape index (κ3) is 27.3. The Kier molecular flexibility index (Phi) is 28.5. The molecule has 1 heterocycles. The van der Waals surface area contributed by atoms with E-state index in [9.17, 15) is 33.6 Å². The number of benzene rings is 2. The number of rotatable bonds is 17. The summed E-state index contributed by atoms with van der Waals surface area (Å²) in [5, 5.41) is 67.3. The number of aliphatic hydroxyl groups excluding tert-OH is 2. The Hall–Kier alpha value is -6.38. The number of carboxylic acids is 5. The predicted octanol–water partition coefficient (Wildman–Crippen LogP) is -3.30. The first-order chi connectivity index (χ1) is 27.9. The summed E-state index contributed by atoms with van der Waals surface area (Å²) in [4.78, 5) is 79.5. The largest absolute Gasteiger partial charge is 0.508 e. The fourth-order valence-electron chi connectivity index (χ4n) is 3.58. The number of hydrogen-bond donors (Lipinski definition) is 15. The number of carboxylic acid groups (broad SMARTS) is 5. The molecular formula is C36H54N8O16. The standard InChI is InChI=1S/C12H16N2O4.C9H11NO3.C6H9N3O2.C5H9NO4.C4H9NO3/c13-9(6-8-4-2-1-3-5-8)11(16)18-12(17)10(14)7-15;10-8(9(12)13)5-6-1-3-7(11)4-2-6;7-5(6(10)11)1-4-2-8-3-9-4;6-3(5(9)10)1-2-4(7)8;1-2(6)3(5)4(7)8/h1-5,9-10,15H,6-7,13-14H2;1-4,8,11H,5,10H2,(H,12,13);2-3,5H,1,7H2,(H,8,9)(H,10,11);3H,1-2,6H2,(H,7,8)(H,9,10);2-3,6H,5H2,1H3,(H,7,8)/t9-,10-;8-;5-;3-;2-,3+/m00001/s1. The number of aliphatic carboxylic acids is 5. The third-order valence-corrected chi connectivity index (χ3v) is 7.11. The van der Waals surface area contributed by atoms with Gasteiger partial charge in [0, 0.05) is 24.7 Å². The van der Waals surface area contributed by atoms with Crippen LogP contribution in [0, 0.1) is 0 Å². The Morgan fingerprint density at radius 1 is 0.650 bits per heavy atom. The Morgan fingerprint density at radius 2 is 1.12 bits per heavy atom. The summed E-state index contributed by atoms with van der Waals surface area (Å²) in [6.45, 7) is 0.749. The van der Waals surface area contributed by atoms with Crippen molar-refractivity contribution in [2.75, 3.05) is 6.61 Å². The first-order valence-electron chi connectivity index (χ1n) is 17.4. The number of esters is 2. The number of nitrogens with one attached hydrogen (secondary N) is 1. The minimum Gasteiger partial charge on any atom is -0.508 e. The minimum atomic E-state index is -1.22. The number of nitrogens with zero attached hydrogens (tertiary/aromatic N) is 1. The van der Waals surface area contributed by atoms with Crippen molar-refractivity contribution in [1.82, 2.24) is 9.97 Å². The molecule has 0 saturated carbocycles. The summed E-state index contributed by atoms with van der Waals surface area (Å²) in [6, 6.07) is 9.30. The first kappa shape index (κ1) is 55.7. The van der Waals surface area contributed by atoms with Gasteiger partial charge < -0.3 is 85.0 Å². The van der Waals surface area contributed by atoms with E-state index in [2.05, 4.69) is 14.7 Å². The monoisotopic (exact) mass is 854 g/mol. The van der Waals surface area contributed by atoms with Crippen LogP contribution in [0.2, 0.25) is 0 Å². The van der Waals surface area contributed by atoms with Crippen molar-refractivity contribution in [2.45, 2.75) is 81.4 Å². The van der Waals surface area contributed by atoms with Crippen molar-refractivity contribution in [2.24, 2.45) is 34.4 Å². The van der Waals surface area contributed by atoms with Gasteiger partial charge >= 0.3 is 41.8 Å². The van der Waals surface area contributed by atoms with Gasteiger partial charge in [-0.3, -0.25) is 24.0 Å². The second-order valence-electron chi connectivity index (χ2n) is 12.3. The lowest BCUT2D eigenvalue weighted by Gasteiger charge is -2.12. The number of ether oxygens (including phenoxy) is 1. The second kappa shape index (κ2) is 30.7. The highest BCUT2D eigenvalue weighted by Crippen LogP contribution is 2.11. The van der Waals surface area contributed by atoms with E-state index in [1.54, 1.807) is 18.3 Å². The van der Waals surface area contributed by atoms with Crippen molar-refractivity contribution in [3.8, 4) is 5.75 Å². The third-order valence-electron chi connectivity index (χ3n) is 7.11. The molecule has 0 aliphatic heterocycles. The van der Waals surface area contributed by atoms with E-state index in [0.717, 1.165) is 16.8 Å². The average molecular weight is 855 g/mol. The van der Waals surface area contributed by atoms with Gasteiger partial charge in [-0.25, -0.2) is 14.6 Å². The van der Waals surface area contributed by atoms with E-state index in [0.29, 0.717) is 0 Å². The van der Waals surface area contributed by atoms with Gasteiger partial charge in [0.05, 0.1) is 19.0 Å². The molecule has 24 heteroatoms. The molecule has 0 fully saturated rings. The number of nitrogens with two attached hydrogens (primary N) is 6. The molecule has 334 valence electrons. The minimum absolute atomic E-state index is 0.0231. The van der Waals surface area contributed by atoms with Crippen molar-refractivity contribution < 1.29 is 79.2 Å². The fourth-order valence-corrected chi connectivity index (χ4v) is 3.58. The Morgan fingerprint density at radius 3 is 1.52 bits per heavy atom. The molecule has 0 amide bonds. The molecule has 0 saturated heterocycles. The van der Waals surface area contributed by atoms with Gasteiger partial charge in [-0.1, -0.05) is 42.5 Å². The normalized spacial score (nSPS) is 13.6. The number of imidazole rings is 1. The highest BCUT2D eigenvalue weighted by Gasteiger charge is 2.23. The number of aliphatic hydroxyl groups is 2. The molecule has 0 spiro atoms. The van der Waals surface area contributed by atoms with Gasteiger partial charge in [-0.2, -0.15) is 0 Å². The van der Waals surface area contributed by atoms with Crippen molar-refractivity contribution >= 4 is 41.8 Å². The molecular weight excluding hydrogens is 800 g/mol. The molecule has 0 unspecified atom stereocenters. The summed E-state index contributed by atoms with van der Waals surface area (Å²) >= 11 is 0. The van der Waals surface area contributed by atoms with Crippen LogP contribution >= 0.6 is 0 Å². The highest BCUT2D eigenvalue weighted by molar-refractivity contribution is 5.90.